The standard InChI is InChI=1S/C14H20N4O2.C4H10/c1-11-4-5-16-13(10-11)17-6-8-18(9-7-17)14(20)3-2-12(15)19;1-4(2)3/h4-5,10H,2-3,6-9H2,1H3,(H2,15,19);4H,1-3H3. The van der Waals surface area contributed by atoms with Crippen LogP contribution in [0.5, 0.6) is 0 Å². The van der Waals surface area contributed by atoms with Crippen LogP contribution in [-0.2, 0) is 9.59 Å². The quantitative estimate of drug-likeness (QED) is 0.913. The van der Waals surface area contributed by atoms with E-state index in [4.69, 9.17) is 5.73 Å². The predicted octanol–water partition coefficient (Wildman–Crippen LogP) is 1.97. The van der Waals surface area contributed by atoms with E-state index in [1.54, 1.807) is 11.1 Å². The first-order valence-corrected chi connectivity index (χ1v) is 8.53. The Balaban J connectivity index is 0.000000648. The highest BCUT2D eigenvalue weighted by Crippen LogP contribution is 2.15. The number of amides is 2. The van der Waals surface area contributed by atoms with Crippen molar-refractivity contribution >= 4 is 17.6 Å². The molecule has 1 fully saturated rings. The monoisotopic (exact) mass is 334 g/mol. The number of anilines is 1. The van der Waals surface area contributed by atoms with Gasteiger partial charge in [0.25, 0.3) is 0 Å². The molecular formula is C18H30N4O2. The Bertz CT molecular complexity index is 535. The van der Waals surface area contributed by atoms with Gasteiger partial charge in [0.1, 0.15) is 5.82 Å². The molecule has 0 saturated carbocycles. The van der Waals surface area contributed by atoms with Gasteiger partial charge < -0.3 is 15.5 Å². The van der Waals surface area contributed by atoms with Crippen molar-refractivity contribution in [3.05, 3.63) is 23.9 Å². The summed E-state index contributed by atoms with van der Waals surface area (Å²) in [5.41, 5.74) is 6.23. The molecule has 0 atom stereocenters. The molecule has 0 unspecified atom stereocenters. The van der Waals surface area contributed by atoms with Crippen LogP contribution in [-0.4, -0.2) is 47.9 Å². The SMILES string of the molecule is CC(C)C.Cc1ccnc(N2CCN(C(=O)CCC(N)=O)CC2)c1. The molecule has 6 nitrogen and oxygen atoms in total. The second kappa shape index (κ2) is 9.90. The molecule has 24 heavy (non-hydrogen) atoms. The molecule has 1 saturated heterocycles. The Kier molecular flexibility index (Phi) is 8.22. The summed E-state index contributed by atoms with van der Waals surface area (Å²) in [4.78, 5) is 30.9. The Labute approximate surface area is 145 Å². The van der Waals surface area contributed by atoms with Crippen molar-refractivity contribution in [2.75, 3.05) is 31.1 Å². The molecule has 0 aromatic carbocycles. The van der Waals surface area contributed by atoms with E-state index in [1.807, 2.05) is 19.1 Å². The van der Waals surface area contributed by atoms with E-state index in [0.29, 0.717) is 13.1 Å². The van der Waals surface area contributed by atoms with Gasteiger partial charge in [-0.2, -0.15) is 0 Å². The van der Waals surface area contributed by atoms with Gasteiger partial charge in [-0.25, -0.2) is 4.98 Å². The maximum Gasteiger partial charge on any atom is 0.223 e. The number of aryl methyl sites for hydroxylation is 1. The highest BCUT2D eigenvalue weighted by Gasteiger charge is 2.21. The average Bonchev–Trinajstić information content (AvgIpc) is 2.52. The number of nitrogens with zero attached hydrogens (tertiary/aromatic N) is 3. The molecule has 1 aliphatic rings. The molecule has 6 heteroatoms. The fraction of sp³-hybridized carbons (Fsp3) is 0.611. The summed E-state index contributed by atoms with van der Waals surface area (Å²) in [6.07, 6.45) is 2.13. The molecule has 2 N–H and O–H groups in total. The molecular weight excluding hydrogens is 304 g/mol. The minimum Gasteiger partial charge on any atom is -0.370 e. The van der Waals surface area contributed by atoms with Crippen molar-refractivity contribution in [2.45, 2.75) is 40.5 Å². The van der Waals surface area contributed by atoms with Gasteiger partial charge in [-0.15, -0.1) is 0 Å². The van der Waals surface area contributed by atoms with Gasteiger partial charge in [-0.05, 0) is 30.5 Å². The maximum atomic E-state index is 11.9. The predicted molar refractivity (Wildman–Crippen MR) is 96.7 cm³/mol. The zero-order chi connectivity index (χ0) is 18.1. The topological polar surface area (TPSA) is 79.5 Å². The van der Waals surface area contributed by atoms with E-state index in [2.05, 4.69) is 30.7 Å². The number of nitrogens with two attached hydrogens (primary N) is 1. The van der Waals surface area contributed by atoms with Gasteiger partial charge >= 0.3 is 0 Å². The molecule has 0 spiro atoms. The molecule has 1 aromatic rings. The lowest BCUT2D eigenvalue weighted by atomic mass is 10.2. The van der Waals surface area contributed by atoms with Gasteiger partial charge in [0.15, 0.2) is 0 Å². The fourth-order valence-corrected chi connectivity index (χ4v) is 2.27. The third kappa shape index (κ3) is 7.44. The lowest BCUT2D eigenvalue weighted by Crippen LogP contribution is -2.49. The molecule has 0 aliphatic carbocycles. The molecule has 0 bridgehead atoms. The van der Waals surface area contributed by atoms with Gasteiger partial charge in [0, 0.05) is 45.2 Å². The minimum atomic E-state index is -0.430. The Morgan fingerprint density at radius 1 is 1.17 bits per heavy atom. The largest absolute Gasteiger partial charge is 0.370 e. The Hall–Kier alpha value is -2.11. The lowest BCUT2D eigenvalue weighted by molar-refractivity contribution is -0.133. The van der Waals surface area contributed by atoms with Gasteiger partial charge in [-0.1, -0.05) is 20.8 Å². The molecule has 134 valence electrons. The van der Waals surface area contributed by atoms with Crippen molar-refractivity contribution < 1.29 is 9.59 Å². The van der Waals surface area contributed by atoms with E-state index in [0.717, 1.165) is 24.8 Å². The van der Waals surface area contributed by atoms with Crippen molar-refractivity contribution in [3.63, 3.8) is 0 Å². The summed E-state index contributed by atoms with van der Waals surface area (Å²) < 4.78 is 0. The summed E-state index contributed by atoms with van der Waals surface area (Å²) in [5, 5.41) is 0. The van der Waals surface area contributed by atoms with Crippen LogP contribution in [0.15, 0.2) is 18.3 Å². The van der Waals surface area contributed by atoms with Crippen molar-refractivity contribution in [2.24, 2.45) is 11.7 Å². The van der Waals surface area contributed by atoms with Crippen LogP contribution < -0.4 is 10.6 Å². The number of carbonyl (C=O) groups excluding carboxylic acids is 2. The second-order valence-corrected chi connectivity index (χ2v) is 6.76. The lowest BCUT2D eigenvalue weighted by Gasteiger charge is -2.35. The molecule has 1 aliphatic heterocycles. The van der Waals surface area contributed by atoms with Crippen LogP contribution in [0.3, 0.4) is 0 Å². The molecule has 2 heterocycles. The molecule has 2 amide bonds. The van der Waals surface area contributed by atoms with E-state index in [1.165, 1.54) is 5.56 Å². The van der Waals surface area contributed by atoms with Crippen LogP contribution in [0.1, 0.15) is 39.2 Å². The number of aromatic nitrogens is 1. The third-order valence-corrected chi connectivity index (χ3v) is 3.44. The van der Waals surface area contributed by atoms with Crippen LogP contribution >= 0.6 is 0 Å². The third-order valence-electron chi connectivity index (χ3n) is 3.44. The Morgan fingerprint density at radius 3 is 2.25 bits per heavy atom. The molecule has 2 rings (SSSR count). The molecule has 0 radical (unpaired) electrons. The second-order valence-electron chi connectivity index (χ2n) is 6.76. The number of piperazine rings is 1. The minimum absolute atomic E-state index is 0.000603. The van der Waals surface area contributed by atoms with E-state index in [9.17, 15) is 9.59 Å². The summed E-state index contributed by atoms with van der Waals surface area (Å²) in [5.74, 6) is 1.36. The number of primary amides is 1. The zero-order valence-corrected chi connectivity index (χ0v) is 15.3. The summed E-state index contributed by atoms with van der Waals surface area (Å²) in [7, 11) is 0. The first kappa shape index (κ1) is 19.9. The van der Waals surface area contributed by atoms with Crippen molar-refractivity contribution in [1.29, 1.82) is 0 Å². The van der Waals surface area contributed by atoms with Crippen LogP contribution in [0.4, 0.5) is 5.82 Å². The number of hydrogen-bond acceptors (Lipinski definition) is 4. The fourth-order valence-electron chi connectivity index (χ4n) is 2.27. The normalized spacial score (nSPS) is 14.2. The van der Waals surface area contributed by atoms with E-state index in [-0.39, 0.29) is 18.7 Å². The van der Waals surface area contributed by atoms with Crippen LogP contribution in [0.2, 0.25) is 0 Å². The van der Waals surface area contributed by atoms with Crippen LogP contribution in [0, 0.1) is 12.8 Å². The molecule has 1 aromatic heterocycles. The maximum absolute atomic E-state index is 11.9. The van der Waals surface area contributed by atoms with Crippen molar-refractivity contribution in [3.8, 4) is 0 Å². The first-order chi connectivity index (χ1) is 11.3. The van der Waals surface area contributed by atoms with E-state index >= 15 is 0 Å². The first-order valence-electron chi connectivity index (χ1n) is 8.53. The van der Waals surface area contributed by atoms with Crippen LogP contribution in [0.25, 0.3) is 0 Å². The summed E-state index contributed by atoms with van der Waals surface area (Å²) >= 11 is 0. The number of pyridine rings is 1. The highest BCUT2D eigenvalue weighted by molar-refractivity contribution is 5.83. The smallest absolute Gasteiger partial charge is 0.223 e. The zero-order valence-electron chi connectivity index (χ0n) is 15.3. The Morgan fingerprint density at radius 2 is 1.75 bits per heavy atom. The number of hydrogen-bond donors (Lipinski definition) is 1. The van der Waals surface area contributed by atoms with Gasteiger partial charge in [-0.3, -0.25) is 9.59 Å². The average molecular weight is 334 g/mol. The number of rotatable bonds is 4. The van der Waals surface area contributed by atoms with Gasteiger partial charge in [0.2, 0.25) is 11.8 Å². The summed E-state index contributed by atoms with van der Waals surface area (Å²) in [6.45, 7) is 11.4. The number of carbonyl (C=O) groups is 2. The van der Waals surface area contributed by atoms with E-state index < -0.39 is 5.91 Å². The van der Waals surface area contributed by atoms with Gasteiger partial charge in [0.05, 0.1) is 0 Å². The highest BCUT2D eigenvalue weighted by atomic mass is 16.2. The van der Waals surface area contributed by atoms with Crippen molar-refractivity contribution in [1.82, 2.24) is 9.88 Å². The summed E-state index contributed by atoms with van der Waals surface area (Å²) in [6, 6.07) is 4.01.